The number of nitrogens with one attached hydrogen (secondary N) is 1. The van der Waals surface area contributed by atoms with E-state index in [0.29, 0.717) is 0 Å². The van der Waals surface area contributed by atoms with Gasteiger partial charge in [-0.25, -0.2) is 0 Å². The van der Waals surface area contributed by atoms with Crippen molar-refractivity contribution in [1.82, 2.24) is 10.2 Å². The molecule has 1 fully saturated rings. The van der Waals surface area contributed by atoms with Crippen LogP contribution in [-0.2, 0) is 14.4 Å². The van der Waals surface area contributed by atoms with Crippen LogP contribution in [0.25, 0.3) is 0 Å². The van der Waals surface area contributed by atoms with E-state index in [0.717, 1.165) is 0 Å². The Bertz CT molecular complexity index is 331. The van der Waals surface area contributed by atoms with E-state index in [4.69, 9.17) is 0 Å². The largest absolute Gasteiger partial charge is 0.354 e. The number of hydrogen-bond acceptors (Lipinski definition) is 4. The Morgan fingerprint density at radius 3 is 2.65 bits per heavy atom. The molecule has 96 valence electrons. The molecule has 1 aliphatic heterocycles. The van der Waals surface area contributed by atoms with Crippen LogP contribution < -0.4 is 5.32 Å². The second-order valence-electron chi connectivity index (χ2n) is 4.28. The number of carbonyl (C=O) groups is 3. The first-order chi connectivity index (χ1) is 7.95. The molecule has 0 spiro atoms. The smallest absolute Gasteiger partial charge is 0.242 e. The van der Waals surface area contributed by atoms with Crippen molar-refractivity contribution in [3.8, 4) is 0 Å². The van der Waals surface area contributed by atoms with Gasteiger partial charge in [-0.2, -0.15) is 11.8 Å². The lowest BCUT2D eigenvalue weighted by molar-refractivity contribution is -0.138. The van der Waals surface area contributed by atoms with Crippen molar-refractivity contribution >= 4 is 29.5 Å². The molecule has 1 saturated heterocycles. The van der Waals surface area contributed by atoms with E-state index in [2.05, 4.69) is 5.32 Å². The van der Waals surface area contributed by atoms with Gasteiger partial charge in [0.2, 0.25) is 17.7 Å². The van der Waals surface area contributed by atoms with E-state index in [1.165, 1.54) is 16.7 Å². The van der Waals surface area contributed by atoms with Crippen LogP contribution in [0.4, 0.5) is 0 Å². The molecule has 0 radical (unpaired) electrons. The van der Waals surface area contributed by atoms with Crippen molar-refractivity contribution in [3.63, 3.8) is 0 Å². The molecular weight excluding hydrogens is 240 g/mol. The number of thioether (sulfide) groups is 1. The van der Waals surface area contributed by atoms with Crippen molar-refractivity contribution in [1.29, 1.82) is 0 Å². The van der Waals surface area contributed by atoms with Crippen LogP contribution in [-0.4, -0.2) is 46.7 Å². The zero-order chi connectivity index (χ0) is 13.0. The summed E-state index contributed by atoms with van der Waals surface area (Å²) in [7, 11) is 0. The third kappa shape index (κ3) is 3.73. The van der Waals surface area contributed by atoms with E-state index in [9.17, 15) is 14.4 Å². The second kappa shape index (κ2) is 6.05. The van der Waals surface area contributed by atoms with Crippen LogP contribution in [0.1, 0.15) is 26.7 Å². The Labute approximate surface area is 105 Å². The van der Waals surface area contributed by atoms with Gasteiger partial charge in [-0.1, -0.05) is 0 Å². The molecule has 5 nitrogen and oxygen atoms in total. The van der Waals surface area contributed by atoms with Crippen LogP contribution >= 0.6 is 11.8 Å². The second-order valence-corrected chi connectivity index (χ2v) is 5.32. The topological polar surface area (TPSA) is 66.5 Å². The van der Waals surface area contributed by atoms with Crippen molar-refractivity contribution in [2.24, 2.45) is 0 Å². The van der Waals surface area contributed by atoms with Gasteiger partial charge >= 0.3 is 0 Å². The SMILES string of the molecule is CSC1CC(=O)N(CCC(=O)NC(C)C)C1=O. The predicted molar refractivity (Wildman–Crippen MR) is 66.5 cm³/mol. The molecule has 1 heterocycles. The zero-order valence-corrected chi connectivity index (χ0v) is 11.2. The van der Waals surface area contributed by atoms with Crippen LogP contribution in [0, 0.1) is 0 Å². The van der Waals surface area contributed by atoms with Crippen LogP contribution in [0.15, 0.2) is 0 Å². The first-order valence-corrected chi connectivity index (χ1v) is 6.91. The Kier molecular flexibility index (Phi) is 4.99. The highest BCUT2D eigenvalue weighted by molar-refractivity contribution is 8.00. The minimum Gasteiger partial charge on any atom is -0.354 e. The first-order valence-electron chi connectivity index (χ1n) is 5.62. The third-order valence-corrected chi connectivity index (χ3v) is 3.44. The fraction of sp³-hybridized carbons (Fsp3) is 0.727. The molecule has 0 aromatic carbocycles. The number of hydrogen-bond donors (Lipinski definition) is 1. The quantitative estimate of drug-likeness (QED) is 0.725. The average Bonchev–Trinajstić information content (AvgIpc) is 2.50. The standard InChI is InChI=1S/C11H18N2O3S/c1-7(2)12-9(14)4-5-13-10(15)6-8(17-3)11(13)16/h7-8H,4-6H2,1-3H3,(H,12,14). The molecule has 6 heteroatoms. The summed E-state index contributed by atoms with van der Waals surface area (Å²) >= 11 is 1.38. The fourth-order valence-electron chi connectivity index (χ4n) is 1.68. The molecule has 1 aliphatic rings. The number of carbonyl (C=O) groups excluding carboxylic acids is 3. The van der Waals surface area contributed by atoms with E-state index >= 15 is 0 Å². The highest BCUT2D eigenvalue weighted by atomic mass is 32.2. The van der Waals surface area contributed by atoms with Gasteiger partial charge < -0.3 is 5.32 Å². The monoisotopic (exact) mass is 258 g/mol. The molecule has 0 aromatic heterocycles. The Morgan fingerprint density at radius 1 is 1.53 bits per heavy atom. The van der Waals surface area contributed by atoms with Crippen molar-refractivity contribution < 1.29 is 14.4 Å². The van der Waals surface area contributed by atoms with Gasteiger partial charge in [-0.15, -0.1) is 0 Å². The molecule has 0 aromatic rings. The normalized spacial score (nSPS) is 20.2. The third-order valence-electron chi connectivity index (χ3n) is 2.50. The number of nitrogens with zero attached hydrogens (tertiary/aromatic N) is 1. The highest BCUT2D eigenvalue weighted by Gasteiger charge is 2.37. The summed E-state index contributed by atoms with van der Waals surface area (Å²) in [4.78, 5) is 35.9. The van der Waals surface area contributed by atoms with Gasteiger partial charge in [0.05, 0.1) is 5.25 Å². The van der Waals surface area contributed by atoms with E-state index in [1.807, 2.05) is 20.1 Å². The summed E-state index contributed by atoms with van der Waals surface area (Å²) in [5.74, 6) is -0.472. The maximum absolute atomic E-state index is 11.7. The Morgan fingerprint density at radius 2 is 2.18 bits per heavy atom. The van der Waals surface area contributed by atoms with Crippen molar-refractivity contribution in [2.45, 2.75) is 38.0 Å². The summed E-state index contributed by atoms with van der Waals surface area (Å²) in [6, 6.07) is 0.0754. The lowest BCUT2D eigenvalue weighted by atomic mass is 10.3. The Hall–Kier alpha value is -1.04. The van der Waals surface area contributed by atoms with Gasteiger partial charge in [0.1, 0.15) is 0 Å². The van der Waals surface area contributed by atoms with Gasteiger partial charge in [-0.05, 0) is 20.1 Å². The highest BCUT2D eigenvalue weighted by Crippen LogP contribution is 2.22. The first kappa shape index (κ1) is 14.0. The summed E-state index contributed by atoms with van der Waals surface area (Å²) in [5, 5.41) is 2.46. The fourth-order valence-corrected chi connectivity index (χ4v) is 2.32. The van der Waals surface area contributed by atoms with Crippen molar-refractivity contribution in [3.05, 3.63) is 0 Å². The minimum absolute atomic E-state index is 0.0754. The molecule has 3 amide bonds. The molecule has 0 saturated carbocycles. The summed E-state index contributed by atoms with van der Waals surface area (Å²) in [5.41, 5.74) is 0. The average molecular weight is 258 g/mol. The minimum atomic E-state index is -0.268. The van der Waals surface area contributed by atoms with Gasteiger partial charge in [-0.3, -0.25) is 19.3 Å². The number of amides is 3. The molecule has 1 rings (SSSR count). The lowest BCUT2D eigenvalue weighted by Gasteiger charge is -2.15. The van der Waals surface area contributed by atoms with Crippen LogP contribution in [0.2, 0.25) is 0 Å². The molecule has 1 atom stereocenters. The number of imide groups is 1. The van der Waals surface area contributed by atoms with E-state index in [1.54, 1.807) is 0 Å². The molecule has 17 heavy (non-hydrogen) atoms. The number of likely N-dealkylation sites (tertiary alicyclic amines) is 1. The van der Waals surface area contributed by atoms with Gasteiger partial charge in [0.15, 0.2) is 0 Å². The molecule has 0 aliphatic carbocycles. The van der Waals surface area contributed by atoms with Gasteiger partial charge in [0, 0.05) is 25.4 Å². The molecule has 1 N–H and O–H groups in total. The zero-order valence-electron chi connectivity index (χ0n) is 10.4. The number of rotatable bonds is 5. The van der Waals surface area contributed by atoms with E-state index < -0.39 is 0 Å². The summed E-state index contributed by atoms with van der Waals surface area (Å²) < 4.78 is 0. The van der Waals surface area contributed by atoms with E-state index in [-0.39, 0.29) is 48.4 Å². The molecule has 0 bridgehead atoms. The maximum Gasteiger partial charge on any atom is 0.242 e. The van der Waals surface area contributed by atoms with Gasteiger partial charge in [0.25, 0.3) is 0 Å². The maximum atomic E-state index is 11.7. The van der Waals surface area contributed by atoms with Crippen molar-refractivity contribution in [2.75, 3.05) is 12.8 Å². The predicted octanol–water partition coefficient (Wildman–Crippen LogP) is 0.392. The lowest BCUT2D eigenvalue weighted by Crippen LogP contribution is -2.37. The van der Waals surface area contributed by atoms with Crippen LogP contribution in [0.5, 0.6) is 0 Å². The van der Waals surface area contributed by atoms with Crippen LogP contribution in [0.3, 0.4) is 0 Å². The molecular formula is C11H18N2O3S. The summed E-state index contributed by atoms with van der Waals surface area (Å²) in [6.45, 7) is 3.93. The molecule has 1 unspecified atom stereocenters. The summed E-state index contributed by atoms with van der Waals surface area (Å²) in [6.07, 6.45) is 2.24. The Balaban J connectivity index is 2.44.